The number of rotatable bonds is 21. The van der Waals surface area contributed by atoms with Gasteiger partial charge in [-0.15, -0.1) is 0 Å². The van der Waals surface area contributed by atoms with E-state index in [1.54, 1.807) is 64.9 Å². The zero-order valence-electron chi connectivity index (χ0n) is 79.8. The van der Waals surface area contributed by atoms with Crippen LogP contribution in [0.25, 0.3) is 0 Å². The van der Waals surface area contributed by atoms with Crippen molar-refractivity contribution in [2.24, 2.45) is 5.41 Å². The average Bonchev–Trinajstić information content (AvgIpc) is 0.835. The second kappa shape index (κ2) is 49.4. The van der Waals surface area contributed by atoms with Crippen LogP contribution in [0.4, 0.5) is 50.4 Å². The molecule has 0 radical (unpaired) electrons. The van der Waals surface area contributed by atoms with Gasteiger partial charge in [-0.2, -0.15) is 24.9 Å². The number of halogens is 6. The van der Waals surface area contributed by atoms with Gasteiger partial charge in [0, 0.05) is 187 Å². The highest BCUT2D eigenvalue weighted by Gasteiger charge is 2.32. The van der Waals surface area contributed by atoms with Crippen molar-refractivity contribution in [1.29, 1.82) is 0 Å². The molecular formula is C98H113Cl5FN27O11. The molecule has 0 spiro atoms. The minimum atomic E-state index is -0.522. The maximum absolute atomic E-state index is 13.1. The second-order valence-corrected chi connectivity index (χ2v) is 39.0. The third-order valence-corrected chi connectivity index (χ3v) is 25.5. The first-order chi connectivity index (χ1) is 68.2. The van der Waals surface area contributed by atoms with E-state index in [1.165, 1.54) is 84.8 Å². The summed E-state index contributed by atoms with van der Waals surface area (Å²) in [6.45, 7) is 31.0. The van der Waals surface area contributed by atoms with E-state index < -0.39 is 10.5 Å². The number of carbonyl (C=O) groups excluding carboxylic acids is 2. The summed E-state index contributed by atoms with van der Waals surface area (Å²) in [5.74, 6) is 2.33. The third kappa shape index (κ3) is 30.9. The maximum Gasteiger partial charge on any atom is 0.410 e. The molecule has 6 aliphatic heterocycles. The highest BCUT2D eigenvalue weighted by Crippen LogP contribution is 2.26. The predicted molar refractivity (Wildman–Crippen MR) is 544 cm³/mol. The Kier molecular flexibility index (Phi) is 36.4. The summed E-state index contributed by atoms with van der Waals surface area (Å²) in [7, 11) is 0. The molecule has 0 unspecified atom stereocenters. The summed E-state index contributed by atoms with van der Waals surface area (Å²) in [6, 6.07) is 45.8. The molecule has 6 aromatic carbocycles. The topological polar surface area (TPSA) is 380 Å². The van der Waals surface area contributed by atoms with Gasteiger partial charge in [-0.3, -0.25) is 47.5 Å². The monoisotopic (exact) mass is 2040 g/mol. The largest absolute Gasteiger partial charge is 0.444 e. The van der Waals surface area contributed by atoms with Gasteiger partial charge < -0.3 is 48.7 Å². The number of benzene rings is 6. The quantitative estimate of drug-likeness (QED) is 0.0476. The molecule has 6 saturated heterocycles. The van der Waals surface area contributed by atoms with Gasteiger partial charge in [0.2, 0.25) is 29.7 Å². The molecule has 748 valence electrons. The van der Waals surface area contributed by atoms with Crippen molar-refractivity contribution in [3.8, 4) is 0 Å². The number of anilines is 6. The van der Waals surface area contributed by atoms with E-state index in [-0.39, 0.29) is 52.0 Å². The molecule has 0 saturated carbocycles. The van der Waals surface area contributed by atoms with Crippen LogP contribution in [0.15, 0.2) is 220 Å². The number of hydrogen-bond donors (Lipinski definition) is 0. The van der Waals surface area contributed by atoms with E-state index in [0.717, 1.165) is 113 Å². The van der Waals surface area contributed by atoms with Crippen molar-refractivity contribution < 1.29 is 28.4 Å². The highest BCUT2D eigenvalue weighted by atomic mass is 35.5. The fourth-order valence-electron chi connectivity index (χ4n) is 16.1. The Morgan fingerprint density at radius 2 is 0.697 bits per heavy atom. The van der Waals surface area contributed by atoms with Crippen molar-refractivity contribution in [2.75, 3.05) is 180 Å². The Morgan fingerprint density at radius 3 is 0.993 bits per heavy atom. The molecule has 0 N–H and O–H groups in total. The molecule has 0 aliphatic carbocycles. The molecule has 18 rings (SSSR count). The Labute approximate surface area is 844 Å². The Hall–Kier alpha value is -13.3. The molecule has 142 heavy (non-hydrogen) atoms. The minimum absolute atomic E-state index is 0.0371. The van der Waals surface area contributed by atoms with Gasteiger partial charge in [0.05, 0.1) is 37.6 Å². The van der Waals surface area contributed by atoms with Gasteiger partial charge in [-0.25, -0.2) is 63.1 Å². The van der Waals surface area contributed by atoms with E-state index in [9.17, 15) is 48.1 Å². The van der Waals surface area contributed by atoms with Crippen LogP contribution in [0.5, 0.6) is 0 Å². The number of ether oxygens (including phenoxy) is 2. The number of nitrogens with zero attached hydrogens (tertiary/aromatic N) is 27. The third-order valence-electron chi connectivity index (χ3n) is 24.2. The summed E-state index contributed by atoms with van der Waals surface area (Å²) < 4.78 is 31.3. The molecule has 6 aliphatic rings. The van der Waals surface area contributed by atoms with Gasteiger partial charge in [-0.1, -0.05) is 139 Å². The first-order valence-electron chi connectivity index (χ1n) is 46.8. The van der Waals surface area contributed by atoms with Crippen molar-refractivity contribution in [2.45, 2.75) is 105 Å². The lowest BCUT2D eigenvalue weighted by Gasteiger charge is -2.40. The smallest absolute Gasteiger partial charge is 0.410 e. The standard InChI is InChI=1S/C21H19ClFN5O2.C20H28ClN5O.C19H18ClN7O3.C19H24ClN5O3.C19H24ClN5O2/c22-17-5-1-15(2-6-17)13-28-14-24-20(25-21(28)30)27-11-9-26(10-12-27)19(29)16-3-7-18(23)8-4-16;1-20(2,3)8-9-24-10-12-25(13-11-24)18-22-15-26(19(27)23-18)14-16-4-6-17(21)7-5-16;20-15-3-1-14(2-4-15)12-26-13-22-18(23-19(26)28)25-9-7-24(8-10-25)17-6-5-16(11-21-17)27(29)30;1-19(2,3)28-18(27)24-10-8-23(9-11-24)16-21-13-25(17(26)22-16)12-14-4-6-15(20)7-5-14;20-16-3-1-15(2-4-16)13-25-14-21-18(22-19(25)26)24-9-7-23(8-10-24)17-5-11-27-12-6-17/h1-8,14H,9-13H2;4-7,15H,8-14H2,1-3H3;1-6,11,13H,7-10,12H2;4-7,13H,8-12H2,1-3H3;1-4,14,17H,5-13H2. The number of hydrogen-bond acceptors (Lipinski definition) is 30. The number of pyridine rings is 1. The Bertz CT molecular complexity index is 6500. The number of nitro groups is 1. The van der Waals surface area contributed by atoms with E-state index in [4.69, 9.17) is 67.5 Å². The normalized spacial score (nSPS) is 15.6. The first-order valence-corrected chi connectivity index (χ1v) is 48.6. The summed E-state index contributed by atoms with van der Waals surface area (Å²) in [6.07, 6.45) is 12.0. The summed E-state index contributed by atoms with van der Waals surface area (Å²) in [5, 5.41) is 14.0. The van der Waals surface area contributed by atoms with Crippen LogP contribution >= 0.6 is 58.0 Å². The van der Waals surface area contributed by atoms with Crippen molar-refractivity contribution in [3.05, 3.63) is 322 Å². The summed E-state index contributed by atoms with van der Waals surface area (Å²) in [5.41, 5.74) is 3.35. The van der Waals surface area contributed by atoms with Gasteiger partial charge in [0.15, 0.2) is 0 Å². The van der Waals surface area contributed by atoms with Crippen molar-refractivity contribution in [1.82, 2.24) is 97.3 Å². The molecule has 0 bridgehead atoms. The van der Waals surface area contributed by atoms with Gasteiger partial charge in [0.1, 0.15) is 55.1 Å². The summed E-state index contributed by atoms with van der Waals surface area (Å²) >= 11 is 29.5. The van der Waals surface area contributed by atoms with Gasteiger partial charge >= 0.3 is 34.5 Å². The zero-order valence-corrected chi connectivity index (χ0v) is 83.6. The molecule has 12 heterocycles. The van der Waals surface area contributed by atoms with Crippen LogP contribution in [0, 0.1) is 21.3 Å². The maximum atomic E-state index is 13.1. The number of piperazine rings is 5. The lowest BCUT2D eigenvalue weighted by atomic mass is 9.92. The Morgan fingerprint density at radius 1 is 0.394 bits per heavy atom. The van der Waals surface area contributed by atoms with Crippen LogP contribution < -0.4 is 57.8 Å². The zero-order chi connectivity index (χ0) is 101. The van der Waals surface area contributed by atoms with E-state index in [0.29, 0.717) is 189 Å². The Balaban J connectivity index is 0.000000141. The van der Waals surface area contributed by atoms with Crippen LogP contribution in [0.3, 0.4) is 0 Å². The SMILES string of the molecule is CC(C)(C)CCN1CCN(c2ncn(Cc3ccc(Cl)cc3)c(=O)n2)CC1.CC(C)(C)OC(=O)N1CCN(c2ncn(Cc3ccc(Cl)cc3)c(=O)n2)CC1.O=C(c1ccc(F)cc1)N1CCN(c2ncn(Cc3ccc(Cl)cc3)c(=O)n2)CC1.O=c1nc(N2CCN(C3CCOCC3)CC2)ncn1Cc1ccc(Cl)cc1.O=c1nc(N2CCN(c3ccc([N+](=O)[O-])cn3)CC2)ncn1Cc1ccc(Cl)cc1. The number of carbonyl (C=O) groups is 2. The molecule has 12 aromatic rings. The average molecular weight is 2040 g/mol. The molecule has 0 atom stereocenters. The molecule has 38 nitrogen and oxygen atoms in total. The van der Waals surface area contributed by atoms with Crippen molar-refractivity contribution >= 4 is 111 Å². The lowest BCUT2D eigenvalue weighted by Crippen LogP contribution is -2.52. The van der Waals surface area contributed by atoms with Crippen LogP contribution in [0.2, 0.25) is 25.1 Å². The highest BCUT2D eigenvalue weighted by molar-refractivity contribution is 6.31. The molecule has 44 heteroatoms. The van der Waals surface area contributed by atoms with E-state index >= 15 is 0 Å². The second-order valence-electron chi connectivity index (χ2n) is 36.8. The van der Waals surface area contributed by atoms with E-state index in [2.05, 4.69) is 95.2 Å². The molecule has 2 amide bonds. The molecule has 6 aromatic heterocycles. The summed E-state index contributed by atoms with van der Waals surface area (Å²) in [4.78, 5) is 164. The fourth-order valence-corrected chi connectivity index (χ4v) is 16.7. The van der Waals surface area contributed by atoms with Crippen molar-refractivity contribution in [3.63, 3.8) is 0 Å². The minimum Gasteiger partial charge on any atom is -0.444 e. The van der Waals surface area contributed by atoms with Gasteiger partial charge in [-0.05, 0) is 171 Å². The molecule has 6 fully saturated rings. The van der Waals surface area contributed by atoms with Crippen LogP contribution in [-0.2, 0) is 42.2 Å². The molecular weight excluding hydrogens is 1930 g/mol. The lowest BCUT2D eigenvalue weighted by molar-refractivity contribution is -0.385. The predicted octanol–water partition coefficient (Wildman–Crippen LogP) is 11.3. The number of amides is 2. The first kappa shape index (κ1) is 105. The van der Waals surface area contributed by atoms with Crippen LogP contribution in [0.1, 0.15) is 99.0 Å². The van der Waals surface area contributed by atoms with E-state index in [1.807, 2.05) is 125 Å². The number of aromatic nitrogens is 16. The fraction of sp³-hybridized carbons (Fsp3) is 0.408. The van der Waals surface area contributed by atoms with Crippen LogP contribution in [-0.4, -0.2) is 276 Å². The van der Waals surface area contributed by atoms with Gasteiger partial charge in [0.25, 0.3) is 11.6 Å².